The molecule has 0 aromatic heterocycles. The van der Waals surface area contributed by atoms with Gasteiger partial charge in [-0.3, -0.25) is 0 Å². The lowest BCUT2D eigenvalue weighted by atomic mass is 9.90. The number of hydrogen-bond acceptors (Lipinski definition) is 2. The van der Waals surface area contributed by atoms with Gasteiger partial charge in [0.25, 0.3) is 0 Å². The lowest BCUT2D eigenvalue weighted by Crippen LogP contribution is -2.38. The Bertz CT molecular complexity index is 1140. The van der Waals surface area contributed by atoms with E-state index in [2.05, 4.69) is 120 Å². The minimum absolute atomic E-state index is 0.160. The van der Waals surface area contributed by atoms with Crippen molar-refractivity contribution in [2.45, 2.75) is 49.9 Å². The third kappa shape index (κ3) is 4.20. The molecule has 0 saturated heterocycles. The molecule has 0 unspecified atom stereocenters. The molecule has 4 aromatic carbocycles. The Morgan fingerprint density at radius 2 is 0.853 bits per heavy atom. The third-order valence-electron chi connectivity index (χ3n) is 7.68. The fourth-order valence-electron chi connectivity index (χ4n) is 5.98. The summed E-state index contributed by atoms with van der Waals surface area (Å²) >= 11 is 0. The molecule has 2 nitrogen and oxygen atoms in total. The zero-order valence-electron chi connectivity index (χ0n) is 19.5. The molecular weight excluding hydrogens is 412 g/mol. The predicted octanol–water partition coefficient (Wildman–Crippen LogP) is 7.02. The normalized spacial score (nSPS) is 20.5. The Labute approximate surface area is 203 Å². The van der Waals surface area contributed by atoms with E-state index in [9.17, 15) is 0 Å². The molecule has 0 heterocycles. The second-order valence-corrected chi connectivity index (χ2v) is 9.69. The SMILES string of the molecule is c1ccc([C@@H](N[C@H]2CCc3ccccc32)[C@H](N[C@H]2CCc3ccccc32)c2ccccc2)cc1. The van der Waals surface area contributed by atoms with Crippen molar-refractivity contribution in [3.63, 3.8) is 0 Å². The van der Waals surface area contributed by atoms with Crippen LogP contribution in [0.1, 0.15) is 70.4 Å². The first-order chi connectivity index (χ1) is 16.9. The zero-order chi connectivity index (χ0) is 22.7. The number of hydrogen-bond donors (Lipinski definition) is 2. The van der Waals surface area contributed by atoms with E-state index >= 15 is 0 Å². The summed E-state index contributed by atoms with van der Waals surface area (Å²) in [6.07, 6.45) is 4.59. The van der Waals surface area contributed by atoms with Crippen LogP contribution < -0.4 is 10.6 Å². The fourth-order valence-corrected chi connectivity index (χ4v) is 5.98. The molecule has 4 aromatic rings. The molecule has 0 saturated carbocycles. The predicted molar refractivity (Wildman–Crippen MR) is 140 cm³/mol. The summed E-state index contributed by atoms with van der Waals surface area (Å²) in [5, 5.41) is 8.24. The van der Waals surface area contributed by atoms with Crippen LogP contribution in [0.5, 0.6) is 0 Å². The molecule has 6 rings (SSSR count). The van der Waals surface area contributed by atoms with Crippen molar-refractivity contribution in [1.82, 2.24) is 10.6 Å². The van der Waals surface area contributed by atoms with E-state index in [0.29, 0.717) is 12.1 Å². The summed E-state index contributed by atoms with van der Waals surface area (Å²) in [7, 11) is 0. The van der Waals surface area contributed by atoms with Gasteiger partial charge in [-0.05, 0) is 59.1 Å². The summed E-state index contributed by atoms with van der Waals surface area (Å²) in [4.78, 5) is 0. The van der Waals surface area contributed by atoms with Gasteiger partial charge in [-0.1, -0.05) is 109 Å². The van der Waals surface area contributed by atoms with Crippen molar-refractivity contribution in [3.8, 4) is 0 Å². The van der Waals surface area contributed by atoms with E-state index in [1.165, 1.54) is 33.4 Å². The van der Waals surface area contributed by atoms with Crippen LogP contribution >= 0.6 is 0 Å². The largest absolute Gasteiger partial charge is 0.301 e. The van der Waals surface area contributed by atoms with Crippen LogP contribution in [0.15, 0.2) is 109 Å². The smallest absolute Gasteiger partial charge is 0.0523 e. The molecule has 0 bridgehead atoms. The second kappa shape index (κ2) is 9.58. The van der Waals surface area contributed by atoms with Gasteiger partial charge >= 0.3 is 0 Å². The maximum Gasteiger partial charge on any atom is 0.0523 e. The minimum atomic E-state index is 0.160. The van der Waals surface area contributed by atoms with Gasteiger partial charge < -0.3 is 10.6 Å². The highest BCUT2D eigenvalue weighted by molar-refractivity contribution is 5.37. The molecule has 0 fully saturated rings. The van der Waals surface area contributed by atoms with E-state index in [1.54, 1.807) is 0 Å². The van der Waals surface area contributed by atoms with Gasteiger partial charge in [0.2, 0.25) is 0 Å². The molecule has 0 spiro atoms. The lowest BCUT2D eigenvalue weighted by Gasteiger charge is -2.35. The molecule has 2 N–H and O–H groups in total. The van der Waals surface area contributed by atoms with Crippen LogP contribution in [0.2, 0.25) is 0 Å². The van der Waals surface area contributed by atoms with Crippen LogP contribution in [0.3, 0.4) is 0 Å². The molecule has 34 heavy (non-hydrogen) atoms. The first kappa shape index (κ1) is 21.3. The van der Waals surface area contributed by atoms with E-state index < -0.39 is 0 Å². The zero-order valence-corrected chi connectivity index (χ0v) is 19.5. The Kier molecular flexibility index (Phi) is 6.01. The van der Waals surface area contributed by atoms with Gasteiger partial charge in [0.05, 0.1) is 12.1 Å². The molecule has 0 aliphatic heterocycles. The van der Waals surface area contributed by atoms with E-state index in [0.717, 1.165) is 25.7 Å². The number of benzene rings is 4. The summed E-state index contributed by atoms with van der Waals surface area (Å²) in [5.74, 6) is 0. The monoisotopic (exact) mass is 444 g/mol. The summed E-state index contributed by atoms with van der Waals surface area (Å²) in [6.45, 7) is 0. The number of fused-ring (bicyclic) bond motifs is 2. The molecule has 170 valence electrons. The Morgan fingerprint density at radius 3 is 1.29 bits per heavy atom. The first-order valence-electron chi connectivity index (χ1n) is 12.6. The van der Waals surface area contributed by atoms with E-state index in [1.807, 2.05) is 0 Å². The van der Waals surface area contributed by atoms with Crippen LogP contribution in [0.4, 0.5) is 0 Å². The standard InChI is InChI=1S/C32H32N2/c1-3-13-25(14-4-1)31(33-29-21-19-23-11-7-9-17-27(23)29)32(26-15-5-2-6-16-26)34-30-22-20-24-12-8-10-18-28(24)30/h1-18,29-34H,19-22H2/t29-,30-,31+,32+/m0/s1. The van der Waals surface area contributed by atoms with Gasteiger partial charge in [0, 0.05) is 12.1 Å². The van der Waals surface area contributed by atoms with E-state index in [4.69, 9.17) is 0 Å². The molecular formula is C32H32N2. The first-order valence-corrected chi connectivity index (χ1v) is 12.6. The summed E-state index contributed by atoms with van der Waals surface area (Å²) in [5.41, 5.74) is 8.56. The van der Waals surface area contributed by atoms with Gasteiger partial charge in [0.1, 0.15) is 0 Å². The van der Waals surface area contributed by atoms with Crippen LogP contribution in [-0.2, 0) is 12.8 Å². The van der Waals surface area contributed by atoms with Crippen molar-refractivity contribution in [2.75, 3.05) is 0 Å². The Morgan fingerprint density at radius 1 is 0.471 bits per heavy atom. The summed E-state index contributed by atoms with van der Waals surface area (Å²) in [6, 6.07) is 40.9. The molecule has 0 amide bonds. The number of nitrogens with one attached hydrogen (secondary N) is 2. The minimum Gasteiger partial charge on any atom is -0.301 e. The Balaban J connectivity index is 1.38. The molecule has 0 radical (unpaired) electrons. The lowest BCUT2D eigenvalue weighted by molar-refractivity contribution is 0.318. The van der Waals surface area contributed by atoms with Crippen molar-refractivity contribution >= 4 is 0 Å². The van der Waals surface area contributed by atoms with Crippen molar-refractivity contribution in [3.05, 3.63) is 143 Å². The summed E-state index contributed by atoms with van der Waals surface area (Å²) < 4.78 is 0. The fraction of sp³-hybridized carbons (Fsp3) is 0.250. The van der Waals surface area contributed by atoms with Gasteiger partial charge in [0.15, 0.2) is 0 Å². The highest BCUT2D eigenvalue weighted by Crippen LogP contribution is 2.40. The molecule has 2 aliphatic carbocycles. The van der Waals surface area contributed by atoms with Crippen molar-refractivity contribution in [1.29, 1.82) is 0 Å². The topological polar surface area (TPSA) is 24.1 Å². The molecule has 2 heteroatoms. The third-order valence-corrected chi connectivity index (χ3v) is 7.68. The maximum atomic E-state index is 4.12. The highest BCUT2D eigenvalue weighted by atomic mass is 15.1. The maximum absolute atomic E-state index is 4.12. The quantitative estimate of drug-likeness (QED) is 0.320. The van der Waals surface area contributed by atoms with E-state index in [-0.39, 0.29) is 12.1 Å². The molecule has 2 aliphatic rings. The van der Waals surface area contributed by atoms with Crippen molar-refractivity contribution < 1.29 is 0 Å². The number of aryl methyl sites for hydroxylation is 2. The second-order valence-electron chi connectivity index (χ2n) is 9.69. The van der Waals surface area contributed by atoms with Crippen LogP contribution in [-0.4, -0.2) is 0 Å². The van der Waals surface area contributed by atoms with Crippen molar-refractivity contribution in [2.24, 2.45) is 0 Å². The van der Waals surface area contributed by atoms with Gasteiger partial charge in [-0.15, -0.1) is 0 Å². The van der Waals surface area contributed by atoms with Crippen LogP contribution in [0.25, 0.3) is 0 Å². The average Bonchev–Trinajstić information content (AvgIpc) is 3.51. The highest BCUT2D eigenvalue weighted by Gasteiger charge is 2.33. The Hall–Kier alpha value is -3.20. The average molecular weight is 445 g/mol. The molecule has 4 atom stereocenters. The van der Waals surface area contributed by atoms with Crippen LogP contribution in [0, 0.1) is 0 Å². The van der Waals surface area contributed by atoms with Gasteiger partial charge in [-0.2, -0.15) is 0 Å². The number of rotatable bonds is 7. The van der Waals surface area contributed by atoms with Gasteiger partial charge in [-0.25, -0.2) is 0 Å².